The number of piperidine rings is 1. The predicted octanol–water partition coefficient (Wildman–Crippen LogP) is 3.61. The van der Waals surface area contributed by atoms with Crippen molar-refractivity contribution < 1.29 is 14.7 Å². The van der Waals surface area contributed by atoms with Crippen LogP contribution in [0.4, 0.5) is 5.69 Å². The summed E-state index contributed by atoms with van der Waals surface area (Å²) in [5, 5.41) is 12.7. The number of β-amino-alcohol motifs (C(OH)–C–C–N with tert-alkyl or cyclic N) is 1. The zero-order valence-corrected chi connectivity index (χ0v) is 16.1. The lowest BCUT2D eigenvalue weighted by Crippen LogP contribution is -2.42. The number of likely N-dealkylation sites (tertiary alicyclic amines) is 1. The molecule has 0 spiro atoms. The minimum atomic E-state index is -0.463. The first-order valence-electron chi connectivity index (χ1n) is 8.59. The fourth-order valence-corrected chi connectivity index (χ4v) is 3.27. The zero-order valence-electron chi connectivity index (χ0n) is 14.5. The molecule has 0 saturated carbocycles. The number of aliphatic hydroxyl groups is 1. The van der Waals surface area contributed by atoms with E-state index in [1.165, 1.54) is 0 Å². The number of anilines is 1. The summed E-state index contributed by atoms with van der Waals surface area (Å²) in [5.74, 6) is -0.346. The van der Waals surface area contributed by atoms with Gasteiger partial charge in [0.25, 0.3) is 11.8 Å². The van der Waals surface area contributed by atoms with Crippen molar-refractivity contribution in [3.8, 4) is 0 Å². The van der Waals surface area contributed by atoms with Crippen molar-refractivity contribution in [2.45, 2.75) is 25.9 Å². The Morgan fingerprint density at radius 2 is 1.85 bits per heavy atom. The topological polar surface area (TPSA) is 69.6 Å². The number of nitrogens with one attached hydrogen (secondary N) is 1. The Bertz CT molecular complexity index is 820. The van der Waals surface area contributed by atoms with Crippen molar-refractivity contribution in [3.05, 3.63) is 63.6 Å². The number of nitrogens with zero attached hydrogens (tertiary/aromatic N) is 1. The van der Waals surface area contributed by atoms with Gasteiger partial charge in [-0.15, -0.1) is 0 Å². The van der Waals surface area contributed by atoms with Crippen LogP contribution in [0.1, 0.15) is 39.1 Å². The molecule has 1 atom stereocenters. The Hall–Kier alpha value is -2.18. The molecular formula is C20H21BrN2O3. The fourth-order valence-electron chi connectivity index (χ4n) is 3.01. The van der Waals surface area contributed by atoms with Gasteiger partial charge in [0.2, 0.25) is 0 Å². The van der Waals surface area contributed by atoms with E-state index in [1.54, 1.807) is 29.2 Å². The van der Waals surface area contributed by atoms with Crippen LogP contribution in [0.2, 0.25) is 0 Å². The highest BCUT2D eigenvalue weighted by molar-refractivity contribution is 9.10. The molecule has 1 fully saturated rings. The normalized spacial score (nSPS) is 17.0. The molecule has 2 aromatic rings. The first-order valence-corrected chi connectivity index (χ1v) is 9.38. The van der Waals surface area contributed by atoms with E-state index in [1.807, 2.05) is 25.1 Å². The third kappa shape index (κ3) is 4.31. The van der Waals surface area contributed by atoms with Gasteiger partial charge in [-0.05, 0) is 61.7 Å². The summed E-state index contributed by atoms with van der Waals surface area (Å²) in [6, 6.07) is 12.4. The van der Waals surface area contributed by atoms with Gasteiger partial charge >= 0.3 is 0 Å². The summed E-state index contributed by atoms with van der Waals surface area (Å²) in [7, 11) is 0. The quantitative estimate of drug-likeness (QED) is 0.802. The molecule has 2 N–H and O–H groups in total. The summed E-state index contributed by atoms with van der Waals surface area (Å²) >= 11 is 3.35. The number of hydrogen-bond acceptors (Lipinski definition) is 3. The molecule has 5 nitrogen and oxygen atoms in total. The second kappa shape index (κ2) is 8.01. The lowest BCUT2D eigenvalue weighted by molar-refractivity contribution is 0.0474. The zero-order chi connectivity index (χ0) is 18.7. The molecule has 1 unspecified atom stereocenters. The minimum Gasteiger partial charge on any atom is -0.391 e. The number of aliphatic hydroxyl groups excluding tert-OH is 1. The monoisotopic (exact) mass is 416 g/mol. The third-order valence-electron chi connectivity index (χ3n) is 4.52. The van der Waals surface area contributed by atoms with Gasteiger partial charge in [0.05, 0.1) is 6.10 Å². The van der Waals surface area contributed by atoms with Crippen LogP contribution in [0.25, 0.3) is 0 Å². The fraction of sp³-hybridized carbons (Fsp3) is 0.300. The number of carbonyl (C=O) groups excluding carboxylic acids is 2. The highest BCUT2D eigenvalue weighted by Crippen LogP contribution is 2.21. The van der Waals surface area contributed by atoms with E-state index in [9.17, 15) is 14.7 Å². The van der Waals surface area contributed by atoms with E-state index in [0.29, 0.717) is 29.9 Å². The molecule has 1 saturated heterocycles. The summed E-state index contributed by atoms with van der Waals surface area (Å²) in [6.45, 7) is 2.88. The van der Waals surface area contributed by atoms with Gasteiger partial charge in [-0.3, -0.25) is 9.59 Å². The van der Waals surface area contributed by atoms with Gasteiger partial charge in [0, 0.05) is 34.4 Å². The summed E-state index contributed by atoms with van der Waals surface area (Å²) < 4.78 is 0.904. The maximum absolute atomic E-state index is 12.7. The van der Waals surface area contributed by atoms with Crippen molar-refractivity contribution in [1.82, 2.24) is 4.90 Å². The smallest absolute Gasteiger partial charge is 0.255 e. The Morgan fingerprint density at radius 1 is 1.15 bits per heavy atom. The molecule has 136 valence electrons. The SMILES string of the molecule is Cc1ccc(C(=O)N2CCCC(O)C2)cc1NC(=O)c1ccc(Br)cc1. The van der Waals surface area contributed by atoms with Gasteiger partial charge in [0.15, 0.2) is 0 Å². The molecule has 0 aliphatic carbocycles. The summed E-state index contributed by atoms with van der Waals surface area (Å²) in [4.78, 5) is 26.8. The molecule has 2 aromatic carbocycles. The Morgan fingerprint density at radius 3 is 2.54 bits per heavy atom. The van der Waals surface area contributed by atoms with Crippen molar-refractivity contribution >= 4 is 33.4 Å². The van der Waals surface area contributed by atoms with Crippen LogP contribution >= 0.6 is 15.9 Å². The molecule has 0 radical (unpaired) electrons. The molecule has 0 aromatic heterocycles. The first-order chi connectivity index (χ1) is 12.4. The van der Waals surface area contributed by atoms with Crippen molar-refractivity contribution in [2.75, 3.05) is 18.4 Å². The molecule has 2 amide bonds. The molecule has 0 bridgehead atoms. The van der Waals surface area contributed by atoms with Gasteiger partial charge in [-0.1, -0.05) is 22.0 Å². The van der Waals surface area contributed by atoms with E-state index in [4.69, 9.17) is 0 Å². The first kappa shape index (κ1) is 18.6. The number of benzene rings is 2. The van der Waals surface area contributed by atoms with E-state index < -0.39 is 6.10 Å². The average molecular weight is 417 g/mol. The van der Waals surface area contributed by atoms with Crippen LogP contribution in [0.5, 0.6) is 0 Å². The van der Waals surface area contributed by atoms with Crippen molar-refractivity contribution in [3.63, 3.8) is 0 Å². The predicted molar refractivity (Wildman–Crippen MR) is 104 cm³/mol. The van der Waals surface area contributed by atoms with Crippen LogP contribution in [-0.2, 0) is 0 Å². The van der Waals surface area contributed by atoms with Gasteiger partial charge in [0.1, 0.15) is 0 Å². The Balaban J connectivity index is 1.78. The molecule has 1 heterocycles. The number of halogens is 1. The van der Waals surface area contributed by atoms with Gasteiger partial charge in [-0.2, -0.15) is 0 Å². The van der Waals surface area contributed by atoms with Crippen LogP contribution in [0.15, 0.2) is 46.9 Å². The standard InChI is InChI=1S/C20H21BrN2O3/c1-13-4-5-15(20(26)23-10-2-3-17(24)12-23)11-18(13)22-19(25)14-6-8-16(21)9-7-14/h4-9,11,17,24H,2-3,10,12H2,1H3,(H,22,25). The van der Waals surface area contributed by atoms with Crippen LogP contribution in [0.3, 0.4) is 0 Å². The molecule has 3 rings (SSSR count). The second-order valence-corrected chi connectivity index (χ2v) is 7.45. The number of carbonyl (C=O) groups is 2. The van der Waals surface area contributed by atoms with E-state index >= 15 is 0 Å². The van der Waals surface area contributed by atoms with E-state index in [2.05, 4.69) is 21.2 Å². The molecule has 6 heteroatoms. The van der Waals surface area contributed by atoms with Crippen molar-refractivity contribution in [2.24, 2.45) is 0 Å². The lowest BCUT2D eigenvalue weighted by atomic mass is 10.0. The summed E-state index contributed by atoms with van der Waals surface area (Å²) in [6.07, 6.45) is 1.06. The number of hydrogen-bond donors (Lipinski definition) is 2. The van der Waals surface area contributed by atoms with E-state index in [0.717, 1.165) is 22.9 Å². The maximum atomic E-state index is 12.7. The number of aryl methyl sites for hydroxylation is 1. The largest absolute Gasteiger partial charge is 0.391 e. The van der Waals surface area contributed by atoms with E-state index in [-0.39, 0.29) is 11.8 Å². The van der Waals surface area contributed by atoms with Crippen LogP contribution in [0, 0.1) is 6.92 Å². The Labute approximate surface area is 161 Å². The van der Waals surface area contributed by atoms with Crippen molar-refractivity contribution in [1.29, 1.82) is 0 Å². The van der Waals surface area contributed by atoms with Crippen LogP contribution < -0.4 is 5.32 Å². The summed E-state index contributed by atoms with van der Waals surface area (Å²) in [5.41, 5.74) is 2.55. The molecular weight excluding hydrogens is 396 g/mol. The number of amides is 2. The number of rotatable bonds is 3. The second-order valence-electron chi connectivity index (χ2n) is 6.54. The molecule has 26 heavy (non-hydrogen) atoms. The average Bonchev–Trinajstić information content (AvgIpc) is 2.63. The Kier molecular flexibility index (Phi) is 5.74. The highest BCUT2D eigenvalue weighted by atomic mass is 79.9. The molecule has 1 aliphatic heterocycles. The van der Waals surface area contributed by atoms with Crippen LogP contribution in [-0.4, -0.2) is 41.0 Å². The third-order valence-corrected chi connectivity index (χ3v) is 5.05. The lowest BCUT2D eigenvalue weighted by Gasteiger charge is -2.30. The minimum absolute atomic E-state index is 0.122. The maximum Gasteiger partial charge on any atom is 0.255 e. The van der Waals surface area contributed by atoms with Gasteiger partial charge < -0.3 is 15.3 Å². The highest BCUT2D eigenvalue weighted by Gasteiger charge is 2.23. The molecule has 1 aliphatic rings. The van der Waals surface area contributed by atoms with Gasteiger partial charge in [-0.25, -0.2) is 0 Å².